The number of rotatable bonds is 10. The van der Waals surface area contributed by atoms with E-state index in [9.17, 15) is 4.79 Å². The zero-order valence-electron chi connectivity index (χ0n) is 11.7. The number of carbonyl (C=O) groups is 1. The van der Waals surface area contributed by atoms with Crippen LogP contribution in [0.15, 0.2) is 5.16 Å². The summed E-state index contributed by atoms with van der Waals surface area (Å²) in [5.41, 5.74) is 0. The molecule has 0 bridgehead atoms. The van der Waals surface area contributed by atoms with Gasteiger partial charge in [0.1, 0.15) is 0 Å². The van der Waals surface area contributed by atoms with E-state index in [-0.39, 0.29) is 11.7 Å². The van der Waals surface area contributed by atoms with Crippen molar-refractivity contribution in [2.24, 2.45) is 0 Å². The number of esters is 1. The van der Waals surface area contributed by atoms with E-state index in [2.05, 4.69) is 27.8 Å². The highest BCUT2D eigenvalue weighted by Crippen LogP contribution is 2.18. The van der Waals surface area contributed by atoms with Crippen LogP contribution in [0.2, 0.25) is 0 Å². The first-order valence-corrected chi connectivity index (χ1v) is 8.06. The smallest absolute Gasteiger partial charge is 0.316 e. The Kier molecular flexibility index (Phi) is 6.25. The fraction of sp³-hybridized carbons (Fsp3) is 0.833. The Morgan fingerprint density at radius 1 is 1.55 bits per heavy atom. The molecule has 2 rings (SSSR count). The molecule has 1 aromatic rings. The van der Waals surface area contributed by atoms with Crippen molar-refractivity contribution in [2.45, 2.75) is 50.4 Å². The largest absolute Gasteiger partial charge is 0.465 e. The molecular weight excluding hydrogens is 278 g/mol. The van der Waals surface area contributed by atoms with Gasteiger partial charge in [0.25, 0.3) is 0 Å². The second kappa shape index (κ2) is 8.21. The Morgan fingerprint density at radius 3 is 3.15 bits per heavy atom. The molecule has 1 heterocycles. The molecule has 8 heteroatoms. The number of thioether (sulfide) groups is 1. The molecule has 7 nitrogen and oxygen atoms in total. The fourth-order valence-electron chi connectivity index (χ4n) is 1.60. The molecule has 1 N–H and O–H groups in total. The van der Waals surface area contributed by atoms with E-state index in [1.54, 1.807) is 4.68 Å². The quantitative estimate of drug-likeness (QED) is 0.390. The number of aromatic nitrogens is 4. The molecule has 0 spiro atoms. The van der Waals surface area contributed by atoms with Gasteiger partial charge in [-0.05, 0) is 29.7 Å². The topological polar surface area (TPSA) is 81.9 Å². The molecule has 112 valence electrons. The van der Waals surface area contributed by atoms with E-state index in [4.69, 9.17) is 4.74 Å². The molecule has 1 fully saturated rings. The first-order chi connectivity index (χ1) is 9.79. The summed E-state index contributed by atoms with van der Waals surface area (Å²) in [6, 6.07) is 0.677. The van der Waals surface area contributed by atoms with Gasteiger partial charge in [0, 0.05) is 12.6 Å². The summed E-state index contributed by atoms with van der Waals surface area (Å²) in [5, 5.41) is 15.6. The highest BCUT2D eigenvalue weighted by Gasteiger charge is 2.20. The Morgan fingerprint density at radius 2 is 2.40 bits per heavy atom. The summed E-state index contributed by atoms with van der Waals surface area (Å²) in [6.07, 6.45) is 4.45. The SMILES string of the molecule is CCCCOC(=O)CSc1nnnn1CCNC1CC1. The average Bonchev–Trinajstić information content (AvgIpc) is 3.15. The minimum Gasteiger partial charge on any atom is -0.465 e. The fourth-order valence-corrected chi connectivity index (χ4v) is 2.30. The van der Waals surface area contributed by atoms with Gasteiger partial charge in [0.05, 0.1) is 18.9 Å². The van der Waals surface area contributed by atoms with Crippen molar-refractivity contribution in [3.63, 3.8) is 0 Å². The molecule has 0 unspecified atom stereocenters. The van der Waals surface area contributed by atoms with Gasteiger partial charge in [-0.25, -0.2) is 4.68 Å². The number of tetrazole rings is 1. The molecule has 1 aromatic heterocycles. The first-order valence-electron chi connectivity index (χ1n) is 7.07. The minimum atomic E-state index is -0.214. The maximum Gasteiger partial charge on any atom is 0.316 e. The molecule has 0 saturated heterocycles. The van der Waals surface area contributed by atoms with Crippen molar-refractivity contribution in [1.82, 2.24) is 25.5 Å². The molecule has 0 amide bonds. The van der Waals surface area contributed by atoms with Gasteiger partial charge < -0.3 is 10.1 Å². The Labute approximate surface area is 122 Å². The zero-order valence-corrected chi connectivity index (χ0v) is 12.6. The highest BCUT2D eigenvalue weighted by molar-refractivity contribution is 7.99. The van der Waals surface area contributed by atoms with E-state index >= 15 is 0 Å². The summed E-state index contributed by atoms with van der Waals surface area (Å²) < 4.78 is 6.81. The van der Waals surface area contributed by atoms with E-state index < -0.39 is 0 Å². The minimum absolute atomic E-state index is 0.214. The van der Waals surface area contributed by atoms with Crippen LogP contribution in [0.4, 0.5) is 0 Å². The summed E-state index contributed by atoms with van der Waals surface area (Å²) in [5.74, 6) is 0.0363. The lowest BCUT2D eigenvalue weighted by Crippen LogP contribution is -2.22. The third-order valence-corrected chi connectivity index (χ3v) is 3.84. The van der Waals surface area contributed by atoms with Gasteiger partial charge in [-0.2, -0.15) is 0 Å². The number of unbranched alkanes of at least 4 members (excludes halogenated alkanes) is 1. The second-order valence-corrected chi connectivity index (χ2v) is 5.72. The predicted molar refractivity (Wildman–Crippen MR) is 75.4 cm³/mol. The van der Waals surface area contributed by atoms with Crippen molar-refractivity contribution in [1.29, 1.82) is 0 Å². The summed E-state index contributed by atoms with van der Waals surface area (Å²) in [6.45, 7) is 4.12. The monoisotopic (exact) mass is 299 g/mol. The molecular formula is C12H21N5O2S. The second-order valence-electron chi connectivity index (χ2n) is 4.78. The lowest BCUT2D eigenvalue weighted by molar-refractivity contribution is -0.140. The molecule has 1 aliphatic rings. The van der Waals surface area contributed by atoms with Gasteiger partial charge in [0.15, 0.2) is 0 Å². The van der Waals surface area contributed by atoms with Crippen LogP contribution >= 0.6 is 11.8 Å². The molecule has 0 aliphatic heterocycles. The molecule has 20 heavy (non-hydrogen) atoms. The van der Waals surface area contributed by atoms with Crippen molar-refractivity contribution >= 4 is 17.7 Å². The maximum atomic E-state index is 11.5. The van der Waals surface area contributed by atoms with Crippen LogP contribution in [0, 0.1) is 0 Å². The van der Waals surface area contributed by atoms with Gasteiger partial charge in [-0.1, -0.05) is 25.1 Å². The predicted octanol–water partition coefficient (Wildman–Crippen LogP) is 0.860. The van der Waals surface area contributed by atoms with Gasteiger partial charge in [0.2, 0.25) is 5.16 Å². The molecule has 0 aromatic carbocycles. The maximum absolute atomic E-state index is 11.5. The number of nitrogens with one attached hydrogen (secondary N) is 1. The zero-order chi connectivity index (χ0) is 14.2. The summed E-state index contributed by atoms with van der Waals surface area (Å²) in [4.78, 5) is 11.5. The van der Waals surface area contributed by atoms with Gasteiger partial charge in [-0.3, -0.25) is 4.79 Å². The van der Waals surface area contributed by atoms with Gasteiger partial charge >= 0.3 is 5.97 Å². The van der Waals surface area contributed by atoms with E-state index in [1.807, 2.05) is 0 Å². The first kappa shape index (κ1) is 15.2. The number of ether oxygens (including phenoxy) is 1. The van der Waals surface area contributed by atoms with Crippen LogP contribution in [0.25, 0.3) is 0 Å². The Bertz CT molecular complexity index is 422. The average molecular weight is 299 g/mol. The molecule has 1 aliphatic carbocycles. The Balaban J connectivity index is 1.66. The third kappa shape index (κ3) is 5.46. The number of carbonyl (C=O) groups excluding carboxylic acids is 1. The number of nitrogens with zero attached hydrogens (tertiary/aromatic N) is 4. The highest BCUT2D eigenvalue weighted by atomic mass is 32.2. The molecule has 0 radical (unpaired) electrons. The van der Waals surface area contributed by atoms with E-state index in [0.29, 0.717) is 17.8 Å². The van der Waals surface area contributed by atoms with E-state index in [1.165, 1.54) is 24.6 Å². The van der Waals surface area contributed by atoms with Crippen LogP contribution in [0.3, 0.4) is 0 Å². The Hall–Kier alpha value is -1.15. The summed E-state index contributed by atoms with van der Waals surface area (Å²) in [7, 11) is 0. The molecule has 1 saturated carbocycles. The number of hydrogen-bond donors (Lipinski definition) is 1. The standard InChI is InChI=1S/C12H21N5O2S/c1-2-3-8-19-11(18)9-20-12-14-15-16-17(12)7-6-13-10-4-5-10/h10,13H,2-9H2,1H3. The van der Waals surface area contributed by atoms with Gasteiger partial charge in [-0.15, -0.1) is 5.10 Å². The van der Waals surface area contributed by atoms with Crippen molar-refractivity contribution in [3.8, 4) is 0 Å². The van der Waals surface area contributed by atoms with Crippen LogP contribution in [0.5, 0.6) is 0 Å². The van der Waals surface area contributed by atoms with Crippen LogP contribution in [0.1, 0.15) is 32.6 Å². The third-order valence-electron chi connectivity index (χ3n) is 2.91. The normalized spacial score (nSPS) is 14.4. The lowest BCUT2D eigenvalue weighted by atomic mass is 10.4. The van der Waals surface area contributed by atoms with Crippen LogP contribution in [-0.4, -0.2) is 51.1 Å². The van der Waals surface area contributed by atoms with E-state index in [0.717, 1.165) is 25.9 Å². The van der Waals surface area contributed by atoms with Crippen LogP contribution < -0.4 is 5.32 Å². The number of hydrogen-bond acceptors (Lipinski definition) is 7. The lowest BCUT2D eigenvalue weighted by Gasteiger charge is -2.05. The van der Waals surface area contributed by atoms with Crippen molar-refractivity contribution < 1.29 is 9.53 Å². The van der Waals surface area contributed by atoms with Crippen molar-refractivity contribution in [2.75, 3.05) is 18.9 Å². The summed E-state index contributed by atoms with van der Waals surface area (Å²) >= 11 is 1.32. The van der Waals surface area contributed by atoms with Crippen molar-refractivity contribution in [3.05, 3.63) is 0 Å². The van der Waals surface area contributed by atoms with Crippen LogP contribution in [-0.2, 0) is 16.1 Å². The molecule has 0 atom stereocenters.